The molecule has 0 fully saturated rings. The van der Waals surface area contributed by atoms with Gasteiger partial charge in [0.25, 0.3) is 0 Å². The number of carbonyl (C=O) groups is 1. The van der Waals surface area contributed by atoms with Crippen LogP contribution >= 0.6 is 0 Å². The van der Waals surface area contributed by atoms with Crippen LogP contribution in [0, 0.1) is 0 Å². The lowest BCUT2D eigenvalue weighted by atomic mass is 10.00. The van der Waals surface area contributed by atoms with Crippen molar-refractivity contribution in [3.05, 3.63) is 53.9 Å². The summed E-state index contributed by atoms with van der Waals surface area (Å²) in [7, 11) is 0. The number of aromatic carboxylic acids is 1. The maximum absolute atomic E-state index is 11.1. The Morgan fingerprint density at radius 1 is 1.23 bits per heavy atom. The van der Waals surface area contributed by atoms with E-state index in [1.54, 1.807) is 18.4 Å². The summed E-state index contributed by atoms with van der Waals surface area (Å²) in [5.41, 5.74) is 4.36. The highest BCUT2D eigenvalue weighted by Gasteiger charge is 2.15. The number of hydrogen-bond acceptors (Lipinski definition) is 3. The number of fused-ring (bicyclic) bond motifs is 4. The summed E-state index contributed by atoms with van der Waals surface area (Å²) in [6.45, 7) is 0. The van der Waals surface area contributed by atoms with Crippen molar-refractivity contribution in [1.82, 2.24) is 9.97 Å². The molecule has 3 aromatic rings. The molecule has 0 bridgehead atoms. The fourth-order valence-electron chi connectivity index (χ4n) is 2.61. The van der Waals surface area contributed by atoms with E-state index < -0.39 is 5.97 Å². The number of carboxylic acid groups (broad SMARTS) is 1. The van der Waals surface area contributed by atoms with E-state index in [9.17, 15) is 4.79 Å². The molecule has 2 N–H and O–H groups in total. The molecule has 1 aliphatic rings. The first-order valence-corrected chi connectivity index (χ1v) is 6.78. The van der Waals surface area contributed by atoms with Crippen molar-refractivity contribution in [2.45, 2.75) is 0 Å². The van der Waals surface area contributed by atoms with E-state index in [0.29, 0.717) is 0 Å². The Morgan fingerprint density at radius 2 is 2.14 bits per heavy atom. The van der Waals surface area contributed by atoms with Crippen LogP contribution in [-0.4, -0.2) is 27.3 Å². The van der Waals surface area contributed by atoms with Crippen LogP contribution in [-0.2, 0) is 0 Å². The number of pyridine rings is 1. The first-order chi connectivity index (χ1) is 10.7. The van der Waals surface area contributed by atoms with Crippen molar-refractivity contribution in [2.75, 3.05) is 0 Å². The Morgan fingerprint density at radius 3 is 3.00 bits per heavy atom. The van der Waals surface area contributed by atoms with E-state index in [4.69, 9.17) is 5.11 Å². The number of nitrogens with zero attached hydrogens (tertiary/aromatic N) is 2. The number of aromatic nitrogens is 2. The zero-order chi connectivity index (χ0) is 15.1. The second-order valence-corrected chi connectivity index (χ2v) is 5.04. The van der Waals surface area contributed by atoms with Gasteiger partial charge in [-0.25, -0.2) is 4.79 Å². The smallest absolute Gasteiger partial charge is 0.337 e. The molecule has 106 valence electrons. The first kappa shape index (κ1) is 12.5. The number of rotatable bonds is 1. The van der Waals surface area contributed by atoms with Crippen LogP contribution in [0.25, 0.3) is 28.2 Å². The van der Waals surface area contributed by atoms with E-state index >= 15 is 0 Å². The molecule has 0 saturated carbocycles. The molecule has 1 aliphatic heterocycles. The number of nitrogens with one attached hydrogen (secondary N) is 1. The Hall–Kier alpha value is -3.21. The molecule has 4 rings (SSSR count). The summed E-state index contributed by atoms with van der Waals surface area (Å²) in [5.74, 6) is -0.985. The minimum atomic E-state index is -0.985. The second-order valence-electron chi connectivity index (χ2n) is 5.04. The summed E-state index contributed by atoms with van der Waals surface area (Å²) >= 11 is 0. The predicted octanol–water partition coefficient (Wildman–Crippen LogP) is 3.66. The molecule has 0 unspecified atom stereocenters. The van der Waals surface area contributed by atoms with Gasteiger partial charge in [-0.1, -0.05) is 6.08 Å². The highest BCUT2D eigenvalue weighted by molar-refractivity contribution is 5.97. The molecule has 5 nitrogen and oxygen atoms in total. The summed E-state index contributed by atoms with van der Waals surface area (Å²) < 4.78 is 0. The molecule has 0 radical (unpaired) electrons. The van der Waals surface area contributed by atoms with Gasteiger partial charge in [0, 0.05) is 40.6 Å². The van der Waals surface area contributed by atoms with E-state index in [-0.39, 0.29) is 5.56 Å². The van der Waals surface area contributed by atoms with Crippen LogP contribution in [0.3, 0.4) is 0 Å². The fourth-order valence-corrected chi connectivity index (χ4v) is 2.61. The maximum Gasteiger partial charge on any atom is 0.337 e. The summed E-state index contributed by atoms with van der Waals surface area (Å²) in [4.78, 5) is 23.1. The van der Waals surface area contributed by atoms with Gasteiger partial charge in [-0.2, -0.15) is 0 Å². The molecular weight excluding hydrogens is 278 g/mol. The third-order valence-electron chi connectivity index (χ3n) is 3.66. The zero-order valence-corrected chi connectivity index (χ0v) is 11.4. The van der Waals surface area contributed by atoms with Crippen molar-refractivity contribution >= 4 is 34.9 Å². The summed E-state index contributed by atoms with van der Waals surface area (Å²) in [6.07, 6.45) is 8.56. The molecule has 0 amide bonds. The lowest BCUT2D eigenvalue weighted by Gasteiger charge is -2.11. The minimum Gasteiger partial charge on any atom is -0.478 e. The molecule has 0 saturated heterocycles. The van der Waals surface area contributed by atoms with Gasteiger partial charge in [0.1, 0.15) is 0 Å². The Labute approximate surface area is 125 Å². The first-order valence-electron chi connectivity index (χ1n) is 6.78. The third kappa shape index (κ3) is 1.91. The molecule has 5 heteroatoms. The number of H-pyrrole nitrogens is 1. The minimum absolute atomic E-state index is 0.171. The van der Waals surface area contributed by atoms with Crippen LogP contribution in [0.4, 0.5) is 5.69 Å². The number of allylic oxidation sites excluding steroid dienone is 1. The lowest BCUT2D eigenvalue weighted by Crippen LogP contribution is -2.00. The number of carboxylic acids is 1. The predicted molar refractivity (Wildman–Crippen MR) is 85.7 cm³/mol. The highest BCUT2D eigenvalue weighted by Crippen LogP contribution is 2.36. The van der Waals surface area contributed by atoms with E-state index in [1.165, 1.54) is 6.20 Å². The van der Waals surface area contributed by atoms with Gasteiger partial charge in [0.2, 0.25) is 0 Å². The van der Waals surface area contributed by atoms with Gasteiger partial charge >= 0.3 is 5.97 Å². The van der Waals surface area contributed by atoms with E-state index in [0.717, 1.165) is 33.4 Å². The highest BCUT2D eigenvalue weighted by atomic mass is 16.4. The molecular formula is C17H11N3O2. The number of benzene rings is 1. The topological polar surface area (TPSA) is 78.3 Å². The van der Waals surface area contributed by atoms with Crippen LogP contribution in [0.2, 0.25) is 0 Å². The molecule has 1 aromatic carbocycles. The average molecular weight is 289 g/mol. The van der Waals surface area contributed by atoms with Crippen molar-refractivity contribution < 1.29 is 9.90 Å². The van der Waals surface area contributed by atoms with Crippen molar-refractivity contribution in [3.63, 3.8) is 0 Å². The monoisotopic (exact) mass is 289 g/mol. The fraction of sp³-hybridized carbons (Fsp3) is 0. The molecule has 0 atom stereocenters. The molecule has 3 heterocycles. The largest absolute Gasteiger partial charge is 0.478 e. The Bertz CT molecular complexity index is 967. The van der Waals surface area contributed by atoms with Gasteiger partial charge in [0.05, 0.1) is 16.9 Å². The summed E-state index contributed by atoms with van der Waals surface area (Å²) in [5, 5.41) is 10.2. The average Bonchev–Trinajstić information content (AvgIpc) is 2.95. The second kappa shape index (κ2) is 4.66. The SMILES string of the molecule is O=C(O)c1cnc2c(c1)C=CC=Nc1cc3[nH]ccc3cc1-2. The van der Waals surface area contributed by atoms with Crippen LogP contribution in [0.1, 0.15) is 15.9 Å². The van der Waals surface area contributed by atoms with E-state index in [2.05, 4.69) is 15.0 Å². The maximum atomic E-state index is 11.1. The van der Waals surface area contributed by atoms with Gasteiger partial charge in [0.15, 0.2) is 0 Å². The Kier molecular flexibility index (Phi) is 2.66. The standard InChI is InChI=1S/C17H11N3O2/c21-17(22)12-6-11-2-1-4-18-15-8-14-10(3-5-19-14)7-13(15)16(11)20-9-12/h1-9,19H,(H,21,22). The van der Waals surface area contributed by atoms with Crippen molar-refractivity contribution in [3.8, 4) is 11.3 Å². The number of hydrogen-bond donors (Lipinski definition) is 2. The zero-order valence-electron chi connectivity index (χ0n) is 11.4. The van der Waals surface area contributed by atoms with Crippen LogP contribution in [0.15, 0.2) is 47.7 Å². The van der Waals surface area contributed by atoms with Gasteiger partial charge < -0.3 is 10.1 Å². The van der Waals surface area contributed by atoms with Crippen molar-refractivity contribution in [2.24, 2.45) is 4.99 Å². The van der Waals surface area contributed by atoms with Gasteiger partial charge in [-0.15, -0.1) is 0 Å². The summed E-state index contributed by atoms with van der Waals surface area (Å²) in [6, 6.07) is 7.60. The van der Waals surface area contributed by atoms with Gasteiger partial charge in [-0.3, -0.25) is 9.98 Å². The normalized spacial score (nSPS) is 12.5. The lowest BCUT2D eigenvalue weighted by molar-refractivity contribution is 0.0696. The van der Waals surface area contributed by atoms with Gasteiger partial charge in [-0.05, 0) is 30.3 Å². The number of aliphatic imine (C=N–C) groups is 1. The van der Waals surface area contributed by atoms with Crippen LogP contribution < -0.4 is 0 Å². The molecule has 22 heavy (non-hydrogen) atoms. The van der Waals surface area contributed by atoms with Crippen LogP contribution in [0.5, 0.6) is 0 Å². The molecule has 0 spiro atoms. The van der Waals surface area contributed by atoms with Crippen molar-refractivity contribution in [1.29, 1.82) is 0 Å². The molecule has 0 aliphatic carbocycles. The Balaban J connectivity index is 2.03. The number of aromatic amines is 1. The van der Waals surface area contributed by atoms with E-state index in [1.807, 2.05) is 30.5 Å². The third-order valence-corrected chi connectivity index (χ3v) is 3.66. The quantitative estimate of drug-likeness (QED) is 0.717. The molecule has 2 aromatic heterocycles.